The minimum Gasteiger partial charge on any atom is -0.321 e. The van der Waals surface area contributed by atoms with Crippen molar-refractivity contribution in [2.75, 3.05) is 0 Å². The lowest BCUT2D eigenvalue weighted by Gasteiger charge is -2.11. The topological polar surface area (TPSA) is 66.2 Å². The molecule has 2 rings (SSSR count). The maximum absolute atomic E-state index is 10.7. The van der Waals surface area contributed by atoms with Gasteiger partial charge in [0.1, 0.15) is 12.4 Å². The molecule has 2 aliphatic rings. The van der Waals surface area contributed by atoms with E-state index in [-0.39, 0.29) is 12.1 Å². The van der Waals surface area contributed by atoms with E-state index in [0.717, 1.165) is 5.71 Å². The molecule has 0 aliphatic carbocycles. The molecule has 0 aromatic carbocycles. The summed E-state index contributed by atoms with van der Waals surface area (Å²) in [6.45, 7) is 1.83. The molecule has 0 fully saturated rings. The van der Waals surface area contributed by atoms with Crippen LogP contribution in [0.5, 0.6) is 0 Å². The van der Waals surface area contributed by atoms with Gasteiger partial charge in [-0.1, -0.05) is 0 Å². The first-order valence-corrected chi connectivity index (χ1v) is 3.23. The maximum atomic E-state index is 10.7. The Morgan fingerprint density at radius 2 is 2.45 bits per heavy atom. The lowest BCUT2D eigenvalue weighted by atomic mass is 10.2. The van der Waals surface area contributed by atoms with Gasteiger partial charge in [-0.05, 0) is 6.92 Å². The number of amides is 2. The van der Waals surface area contributed by atoms with E-state index in [0.29, 0.717) is 5.84 Å². The van der Waals surface area contributed by atoms with Crippen LogP contribution >= 0.6 is 0 Å². The van der Waals surface area contributed by atoms with Gasteiger partial charge in [0.2, 0.25) is 0 Å². The Morgan fingerprint density at radius 3 is 3.18 bits per heavy atom. The van der Waals surface area contributed by atoms with Crippen molar-refractivity contribution in [2.24, 2.45) is 15.0 Å². The number of fused-ring (bicyclic) bond motifs is 1. The molecule has 0 saturated carbocycles. The summed E-state index contributed by atoms with van der Waals surface area (Å²) in [5, 5.41) is 2.62. The lowest BCUT2D eigenvalue weighted by molar-refractivity contribution is 0.251. The normalized spacial score (nSPS) is 27.4. The molecule has 5 nitrogen and oxygen atoms in total. The molecule has 1 N–H and O–H groups in total. The van der Waals surface area contributed by atoms with Crippen molar-refractivity contribution in [3.8, 4) is 0 Å². The Balaban J connectivity index is 2.40. The number of amidine groups is 1. The van der Waals surface area contributed by atoms with Gasteiger partial charge < -0.3 is 5.32 Å². The zero-order valence-electron chi connectivity index (χ0n) is 5.90. The molecule has 2 amide bonds. The molecule has 0 aromatic rings. The van der Waals surface area contributed by atoms with Crippen LogP contribution in [0.1, 0.15) is 6.92 Å². The van der Waals surface area contributed by atoms with E-state index in [9.17, 15) is 4.79 Å². The largest absolute Gasteiger partial charge is 0.343 e. The van der Waals surface area contributed by atoms with Crippen LogP contribution in [0, 0.1) is 0 Å². The third kappa shape index (κ3) is 0.849. The first-order chi connectivity index (χ1) is 5.27. The number of carbonyl (C=O) groups excluding carboxylic acids is 1. The van der Waals surface area contributed by atoms with Gasteiger partial charge in [-0.25, -0.2) is 14.8 Å². The maximum Gasteiger partial charge on any atom is 0.343 e. The summed E-state index contributed by atoms with van der Waals surface area (Å²) in [7, 11) is 0. The average Bonchev–Trinajstić information content (AvgIpc) is 2.31. The van der Waals surface area contributed by atoms with E-state index in [2.05, 4.69) is 20.3 Å². The Morgan fingerprint density at radius 1 is 1.64 bits per heavy atom. The smallest absolute Gasteiger partial charge is 0.321 e. The highest BCUT2D eigenvalue weighted by Gasteiger charge is 2.28. The monoisotopic (exact) mass is 150 g/mol. The van der Waals surface area contributed by atoms with Crippen LogP contribution in [0.15, 0.2) is 15.0 Å². The van der Waals surface area contributed by atoms with Gasteiger partial charge in [0.25, 0.3) is 0 Å². The molecular weight excluding hydrogens is 144 g/mol. The second-order valence-electron chi connectivity index (χ2n) is 2.37. The molecule has 0 radical (unpaired) electrons. The summed E-state index contributed by atoms with van der Waals surface area (Å²) in [6.07, 6.45) is 1.41. The molecular formula is C6H6N4O. The fraction of sp³-hybridized carbons (Fsp3) is 0.333. The number of rotatable bonds is 0. The van der Waals surface area contributed by atoms with Crippen molar-refractivity contribution in [2.45, 2.75) is 13.0 Å². The first-order valence-electron chi connectivity index (χ1n) is 3.23. The van der Waals surface area contributed by atoms with Crippen molar-refractivity contribution in [1.29, 1.82) is 0 Å². The minimum absolute atomic E-state index is 0.188. The number of nitrogens with one attached hydrogen (secondary N) is 1. The second kappa shape index (κ2) is 1.98. The van der Waals surface area contributed by atoms with Crippen LogP contribution < -0.4 is 5.32 Å². The summed E-state index contributed by atoms with van der Waals surface area (Å²) in [5.74, 6) is 0.516. The van der Waals surface area contributed by atoms with Crippen LogP contribution in [-0.4, -0.2) is 30.0 Å². The summed E-state index contributed by atoms with van der Waals surface area (Å²) >= 11 is 0. The van der Waals surface area contributed by atoms with Gasteiger partial charge in [-0.15, -0.1) is 0 Å². The van der Waals surface area contributed by atoms with E-state index >= 15 is 0 Å². The summed E-state index contributed by atoms with van der Waals surface area (Å²) < 4.78 is 0. The third-order valence-electron chi connectivity index (χ3n) is 1.61. The van der Waals surface area contributed by atoms with E-state index in [4.69, 9.17) is 0 Å². The molecule has 1 atom stereocenters. The van der Waals surface area contributed by atoms with E-state index in [1.165, 1.54) is 6.34 Å². The Kier molecular flexibility index (Phi) is 1.12. The summed E-state index contributed by atoms with van der Waals surface area (Å²) in [6, 6.07) is -0.522. The first kappa shape index (κ1) is 6.21. The third-order valence-corrected chi connectivity index (χ3v) is 1.61. The predicted molar refractivity (Wildman–Crippen MR) is 41.4 cm³/mol. The van der Waals surface area contributed by atoms with E-state index in [1.807, 2.05) is 6.92 Å². The van der Waals surface area contributed by atoms with Crippen LogP contribution in [-0.2, 0) is 0 Å². The molecule has 1 unspecified atom stereocenters. The fourth-order valence-electron chi connectivity index (χ4n) is 1.04. The molecule has 56 valence electrons. The zero-order chi connectivity index (χ0) is 7.84. The van der Waals surface area contributed by atoms with Gasteiger partial charge in [-0.2, -0.15) is 4.99 Å². The van der Waals surface area contributed by atoms with Crippen LogP contribution in [0.4, 0.5) is 4.79 Å². The number of hydrogen-bond acceptors (Lipinski definition) is 3. The van der Waals surface area contributed by atoms with Crippen LogP contribution in [0.25, 0.3) is 0 Å². The van der Waals surface area contributed by atoms with Crippen LogP contribution in [0.3, 0.4) is 0 Å². The van der Waals surface area contributed by atoms with Gasteiger partial charge in [-0.3, -0.25) is 0 Å². The highest BCUT2D eigenvalue weighted by Crippen LogP contribution is 2.06. The average molecular weight is 150 g/mol. The molecule has 5 heteroatoms. The molecule has 0 bridgehead atoms. The van der Waals surface area contributed by atoms with Crippen molar-refractivity contribution >= 4 is 23.9 Å². The molecule has 2 heterocycles. The van der Waals surface area contributed by atoms with Crippen LogP contribution in [0.2, 0.25) is 0 Å². The highest BCUT2D eigenvalue weighted by atomic mass is 16.2. The summed E-state index contributed by atoms with van der Waals surface area (Å²) in [4.78, 5) is 22.2. The second-order valence-corrected chi connectivity index (χ2v) is 2.37. The fourth-order valence-corrected chi connectivity index (χ4v) is 1.04. The molecule has 0 aromatic heterocycles. The minimum atomic E-state index is -0.335. The molecule has 0 spiro atoms. The number of aliphatic imine (C=N–C) groups is 3. The molecule has 11 heavy (non-hydrogen) atoms. The number of hydrogen-bond donors (Lipinski definition) is 1. The Labute approximate surface area is 62.9 Å². The Bertz CT molecular complexity index is 302. The van der Waals surface area contributed by atoms with Gasteiger partial charge in [0.15, 0.2) is 5.84 Å². The SMILES string of the molecule is CC1=NC=NC2=NC(=O)NC12. The lowest BCUT2D eigenvalue weighted by Crippen LogP contribution is -2.39. The van der Waals surface area contributed by atoms with E-state index < -0.39 is 0 Å². The molecule has 2 aliphatic heterocycles. The Hall–Kier alpha value is -1.52. The van der Waals surface area contributed by atoms with Gasteiger partial charge >= 0.3 is 6.03 Å². The van der Waals surface area contributed by atoms with Gasteiger partial charge in [0.05, 0.1) is 0 Å². The quantitative estimate of drug-likeness (QED) is 0.518. The van der Waals surface area contributed by atoms with Crippen molar-refractivity contribution in [3.63, 3.8) is 0 Å². The van der Waals surface area contributed by atoms with Crippen molar-refractivity contribution in [3.05, 3.63) is 0 Å². The summed E-state index contributed by atoms with van der Waals surface area (Å²) in [5.41, 5.74) is 0.824. The van der Waals surface area contributed by atoms with E-state index in [1.54, 1.807) is 0 Å². The molecule has 0 saturated heterocycles. The van der Waals surface area contributed by atoms with Crippen molar-refractivity contribution in [1.82, 2.24) is 5.32 Å². The standard InChI is InChI=1S/C6H6N4O/c1-3-4-5(8-2-7-3)10-6(11)9-4/h2,4H,1H3,(H,9,11). The highest BCUT2D eigenvalue weighted by molar-refractivity contribution is 6.22. The predicted octanol–water partition coefficient (Wildman–Crippen LogP) is -0.0205. The number of nitrogens with zero attached hydrogens (tertiary/aromatic N) is 3. The van der Waals surface area contributed by atoms with Gasteiger partial charge in [0, 0.05) is 5.71 Å². The van der Waals surface area contributed by atoms with Crippen molar-refractivity contribution < 1.29 is 4.79 Å². The number of urea groups is 1. The zero-order valence-corrected chi connectivity index (χ0v) is 5.90. The number of carbonyl (C=O) groups is 1.